The smallest absolute Gasteiger partial charge is 0.305 e. The number of hydrogen-bond acceptors (Lipinski definition) is 4. The largest absolute Gasteiger partial charge is 0.481 e. The summed E-state index contributed by atoms with van der Waals surface area (Å²) in [5.41, 5.74) is 2.10. The normalized spacial score (nSPS) is 12.3. The molecule has 27 heavy (non-hydrogen) atoms. The number of sulfonamides is 1. The van der Waals surface area contributed by atoms with Gasteiger partial charge in [-0.25, -0.2) is 8.42 Å². The lowest BCUT2D eigenvalue weighted by Gasteiger charge is -2.14. The summed E-state index contributed by atoms with van der Waals surface area (Å²) in [5.74, 6) is -1.55. The van der Waals surface area contributed by atoms with Gasteiger partial charge in [-0.15, -0.1) is 0 Å². The first-order chi connectivity index (χ1) is 12.6. The molecule has 0 saturated carbocycles. The topological polar surface area (TPSA) is 113 Å². The molecule has 0 heterocycles. The van der Waals surface area contributed by atoms with Gasteiger partial charge in [0.2, 0.25) is 0 Å². The average Bonchev–Trinajstić information content (AvgIpc) is 2.53. The molecule has 144 valence electrons. The Kier molecular flexibility index (Phi) is 6.22. The lowest BCUT2D eigenvalue weighted by molar-refractivity contribution is -0.137. The first kappa shape index (κ1) is 20.4. The van der Waals surface area contributed by atoms with Crippen LogP contribution in [-0.2, 0) is 14.8 Å². The maximum Gasteiger partial charge on any atom is 0.305 e. The monoisotopic (exact) mass is 390 g/mol. The number of carboxylic acid groups (broad SMARTS) is 1. The van der Waals surface area contributed by atoms with Crippen LogP contribution in [0.3, 0.4) is 0 Å². The molecule has 2 aromatic rings. The van der Waals surface area contributed by atoms with E-state index in [0.29, 0.717) is 11.3 Å². The number of benzene rings is 2. The van der Waals surface area contributed by atoms with Crippen LogP contribution in [0.15, 0.2) is 47.4 Å². The van der Waals surface area contributed by atoms with Gasteiger partial charge in [0, 0.05) is 17.3 Å². The number of carboxylic acids is 1. The highest BCUT2D eigenvalue weighted by atomic mass is 32.2. The molecule has 2 rings (SSSR count). The molecule has 3 N–H and O–H groups in total. The van der Waals surface area contributed by atoms with Crippen molar-refractivity contribution in [1.82, 2.24) is 5.32 Å². The van der Waals surface area contributed by atoms with Crippen molar-refractivity contribution in [2.45, 2.75) is 38.1 Å². The van der Waals surface area contributed by atoms with E-state index in [1.54, 1.807) is 38.1 Å². The van der Waals surface area contributed by atoms with Gasteiger partial charge >= 0.3 is 5.97 Å². The third kappa shape index (κ3) is 5.55. The van der Waals surface area contributed by atoms with Gasteiger partial charge in [0.25, 0.3) is 15.9 Å². The highest BCUT2D eigenvalue weighted by Gasteiger charge is 2.20. The summed E-state index contributed by atoms with van der Waals surface area (Å²) in [6.45, 7) is 5.10. The fourth-order valence-electron chi connectivity index (χ4n) is 2.55. The maximum atomic E-state index is 12.6. The second-order valence-corrected chi connectivity index (χ2v) is 8.11. The number of aryl methyl sites for hydroxylation is 2. The fourth-order valence-corrected chi connectivity index (χ4v) is 3.63. The van der Waals surface area contributed by atoms with Crippen LogP contribution < -0.4 is 10.0 Å². The van der Waals surface area contributed by atoms with Crippen molar-refractivity contribution in [3.8, 4) is 0 Å². The van der Waals surface area contributed by atoms with Crippen molar-refractivity contribution in [3.05, 3.63) is 59.2 Å². The molecule has 7 nitrogen and oxygen atoms in total. The maximum absolute atomic E-state index is 12.6. The van der Waals surface area contributed by atoms with Crippen LogP contribution in [-0.4, -0.2) is 31.4 Å². The minimum Gasteiger partial charge on any atom is -0.481 e. The van der Waals surface area contributed by atoms with E-state index in [2.05, 4.69) is 10.0 Å². The van der Waals surface area contributed by atoms with E-state index in [-0.39, 0.29) is 16.9 Å². The number of nitrogens with one attached hydrogen (secondary N) is 2. The van der Waals surface area contributed by atoms with E-state index in [0.717, 1.165) is 5.56 Å². The van der Waals surface area contributed by atoms with Gasteiger partial charge in [0.1, 0.15) is 0 Å². The molecular weight excluding hydrogens is 368 g/mol. The minimum atomic E-state index is -3.87. The Labute approximate surface area is 158 Å². The van der Waals surface area contributed by atoms with Crippen LogP contribution in [0.2, 0.25) is 0 Å². The highest BCUT2D eigenvalue weighted by molar-refractivity contribution is 7.92. The number of carbonyl (C=O) groups excluding carboxylic acids is 1. The van der Waals surface area contributed by atoms with Gasteiger partial charge in [-0.2, -0.15) is 0 Å². The summed E-state index contributed by atoms with van der Waals surface area (Å²) in [6.07, 6.45) is -0.225. The molecule has 0 saturated heterocycles. The molecule has 0 aliphatic rings. The molecule has 1 atom stereocenters. The molecule has 1 unspecified atom stereocenters. The summed E-state index contributed by atoms with van der Waals surface area (Å²) in [7, 11) is -3.87. The zero-order valence-corrected chi connectivity index (χ0v) is 16.1. The Bertz CT molecular complexity index is 970. The summed E-state index contributed by atoms with van der Waals surface area (Å²) < 4.78 is 27.8. The molecule has 0 aromatic heterocycles. The number of amides is 1. The molecule has 2 aromatic carbocycles. The van der Waals surface area contributed by atoms with Crippen molar-refractivity contribution in [2.24, 2.45) is 0 Å². The molecule has 0 spiro atoms. The number of hydrogen-bond donors (Lipinski definition) is 3. The van der Waals surface area contributed by atoms with Crippen molar-refractivity contribution in [2.75, 3.05) is 4.72 Å². The fraction of sp³-hybridized carbons (Fsp3) is 0.263. The SMILES string of the molecule is Cc1cccc(NS(=O)(=O)c2ccc(C)c(C(=O)NC(C)CC(=O)O)c2)c1. The third-order valence-electron chi connectivity index (χ3n) is 3.89. The second-order valence-electron chi connectivity index (χ2n) is 6.42. The van der Waals surface area contributed by atoms with E-state index in [1.807, 2.05) is 13.0 Å². The van der Waals surface area contributed by atoms with Crippen molar-refractivity contribution >= 4 is 27.6 Å². The van der Waals surface area contributed by atoms with Crippen LogP contribution in [0.5, 0.6) is 0 Å². The average molecular weight is 390 g/mol. The molecule has 8 heteroatoms. The van der Waals surface area contributed by atoms with Gasteiger partial charge in [-0.1, -0.05) is 18.2 Å². The predicted molar refractivity (Wildman–Crippen MR) is 102 cm³/mol. The standard InChI is InChI=1S/C19H22N2O5S/c1-12-5-4-6-15(9-12)21-27(25,26)16-8-7-13(2)17(11-16)19(24)20-14(3)10-18(22)23/h4-9,11,14,21H,10H2,1-3H3,(H,20,24)(H,22,23). The highest BCUT2D eigenvalue weighted by Crippen LogP contribution is 2.20. The van der Waals surface area contributed by atoms with E-state index in [9.17, 15) is 18.0 Å². The summed E-state index contributed by atoms with van der Waals surface area (Å²) >= 11 is 0. The van der Waals surface area contributed by atoms with Crippen LogP contribution in [0.4, 0.5) is 5.69 Å². The number of anilines is 1. The van der Waals surface area contributed by atoms with Gasteiger partial charge < -0.3 is 10.4 Å². The van der Waals surface area contributed by atoms with Gasteiger partial charge in [0.15, 0.2) is 0 Å². The van der Waals surface area contributed by atoms with E-state index in [4.69, 9.17) is 5.11 Å². The number of rotatable bonds is 7. The Morgan fingerprint density at radius 2 is 1.81 bits per heavy atom. The van der Waals surface area contributed by atoms with Crippen molar-refractivity contribution in [1.29, 1.82) is 0 Å². The lowest BCUT2D eigenvalue weighted by atomic mass is 10.1. The summed E-state index contributed by atoms with van der Waals surface area (Å²) in [6, 6.07) is 10.6. The summed E-state index contributed by atoms with van der Waals surface area (Å²) in [4.78, 5) is 23.1. The number of aliphatic carboxylic acids is 1. The van der Waals surface area contributed by atoms with Crippen LogP contribution in [0, 0.1) is 13.8 Å². The second kappa shape index (κ2) is 8.22. The van der Waals surface area contributed by atoms with Crippen molar-refractivity contribution < 1.29 is 23.1 Å². The molecule has 0 radical (unpaired) electrons. The zero-order valence-electron chi connectivity index (χ0n) is 15.3. The Hall–Kier alpha value is -2.87. The Morgan fingerprint density at radius 1 is 1.11 bits per heavy atom. The molecule has 0 aliphatic heterocycles. The van der Waals surface area contributed by atoms with E-state index < -0.39 is 27.9 Å². The molecule has 1 amide bonds. The first-order valence-electron chi connectivity index (χ1n) is 8.31. The minimum absolute atomic E-state index is 0.0503. The first-order valence-corrected chi connectivity index (χ1v) is 9.79. The molecule has 0 aliphatic carbocycles. The Morgan fingerprint density at radius 3 is 2.44 bits per heavy atom. The summed E-state index contributed by atoms with van der Waals surface area (Å²) in [5, 5.41) is 11.4. The van der Waals surface area contributed by atoms with Gasteiger partial charge in [0.05, 0.1) is 11.3 Å². The van der Waals surface area contributed by atoms with Gasteiger partial charge in [-0.3, -0.25) is 14.3 Å². The molecular formula is C19H22N2O5S. The van der Waals surface area contributed by atoms with Crippen molar-refractivity contribution in [3.63, 3.8) is 0 Å². The molecule has 0 fully saturated rings. The zero-order chi connectivity index (χ0) is 20.2. The van der Waals surface area contributed by atoms with Gasteiger partial charge in [-0.05, 0) is 56.2 Å². The molecule has 0 bridgehead atoms. The lowest BCUT2D eigenvalue weighted by Crippen LogP contribution is -2.34. The predicted octanol–water partition coefficient (Wildman–Crippen LogP) is 2.70. The number of carbonyl (C=O) groups is 2. The van der Waals surface area contributed by atoms with Crippen LogP contribution in [0.1, 0.15) is 34.8 Å². The quantitative estimate of drug-likeness (QED) is 0.673. The van der Waals surface area contributed by atoms with E-state index in [1.165, 1.54) is 12.1 Å². The van der Waals surface area contributed by atoms with E-state index >= 15 is 0 Å². The Balaban J connectivity index is 2.27. The van der Waals surface area contributed by atoms with Crippen LogP contribution in [0.25, 0.3) is 0 Å². The third-order valence-corrected chi connectivity index (χ3v) is 5.27. The van der Waals surface area contributed by atoms with Crippen LogP contribution >= 0.6 is 0 Å².